The first kappa shape index (κ1) is 16.3. The lowest BCUT2D eigenvalue weighted by atomic mass is 9.93. The second kappa shape index (κ2) is 7.77. The molecule has 2 rings (SSSR count). The van der Waals surface area contributed by atoms with Gasteiger partial charge in [0.1, 0.15) is 0 Å². The molecular weight excluding hydrogens is 246 g/mol. The maximum absolute atomic E-state index is 2.69. The van der Waals surface area contributed by atoms with Gasteiger partial charge in [0.2, 0.25) is 0 Å². The number of hydrogen-bond acceptors (Lipinski definition) is 3. The number of likely N-dealkylation sites (tertiary alicyclic amines) is 2. The highest BCUT2D eigenvalue weighted by molar-refractivity contribution is 4.81. The summed E-state index contributed by atoms with van der Waals surface area (Å²) >= 11 is 0. The van der Waals surface area contributed by atoms with Gasteiger partial charge in [0.25, 0.3) is 0 Å². The molecule has 0 aromatic carbocycles. The molecular formula is C17H35N3. The lowest BCUT2D eigenvalue weighted by Crippen LogP contribution is -2.46. The van der Waals surface area contributed by atoms with E-state index in [-0.39, 0.29) is 0 Å². The SMILES string of the molecule is CCC(C)N1CCC(CN(C)C2CCN(C)CC2)CC1. The zero-order valence-electron chi connectivity index (χ0n) is 14.1. The predicted octanol–water partition coefficient (Wildman–Crippen LogP) is 2.52. The molecule has 0 aromatic heterocycles. The summed E-state index contributed by atoms with van der Waals surface area (Å²) in [7, 11) is 4.61. The maximum atomic E-state index is 2.69. The van der Waals surface area contributed by atoms with Crippen LogP contribution in [-0.4, -0.2) is 73.6 Å². The van der Waals surface area contributed by atoms with Crippen molar-refractivity contribution in [3.05, 3.63) is 0 Å². The van der Waals surface area contributed by atoms with Crippen molar-refractivity contribution in [2.24, 2.45) is 5.92 Å². The van der Waals surface area contributed by atoms with Crippen LogP contribution in [0, 0.1) is 5.92 Å². The molecule has 2 heterocycles. The molecule has 20 heavy (non-hydrogen) atoms. The van der Waals surface area contributed by atoms with Gasteiger partial charge < -0.3 is 14.7 Å². The van der Waals surface area contributed by atoms with Crippen LogP contribution >= 0.6 is 0 Å². The molecule has 0 spiro atoms. The van der Waals surface area contributed by atoms with Gasteiger partial charge in [0, 0.05) is 18.6 Å². The summed E-state index contributed by atoms with van der Waals surface area (Å²) in [6, 6.07) is 1.61. The number of rotatable bonds is 5. The average molecular weight is 281 g/mol. The van der Waals surface area contributed by atoms with Gasteiger partial charge in [-0.05, 0) is 85.2 Å². The third-order valence-electron chi connectivity index (χ3n) is 5.72. The quantitative estimate of drug-likeness (QED) is 0.767. The van der Waals surface area contributed by atoms with E-state index in [0.717, 1.165) is 18.0 Å². The highest BCUT2D eigenvalue weighted by Gasteiger charge is 2.26. The summed E-state index contributed by atoms with van der Waals surface area (Å²) in [6.07, 6.45) is 6.82. The first-order chi connectivity index (χ1) is 9.60. The Labute approximate surface area is 126 Å². The minimum absolute atomic E-state index is 0.780. The summed E-state index contributed by atoms with van der Waals surface area (Å²) in [5.41, 5.74) is 0. The van der Waals surface area contributed by atoms with E-state index in [0.29, 0.717) is 0 Å². The smallest absolute Gasteiger partial charge is 0.0117 e. The van der Waals surface area contributed by atoms with Crippen LogP contribution in [0.25, 0.3) is 0 Å². The van der Waals surface area contributed by atoms with E-state index in [1.807, 2.05) is 0 Å². The molecule has 2 fully saturated rings. The standard InChI is InChI=1S/C17H35N3/c1-5-15(2)20-12-6-16(7-13-20)14-19(4)17-8-10-18(3)11-9-17/h15-17H,5-14H2,1-4H3. The maximum Gasteiger partial charge on any atom is 0.0117 e. The van der Waals surface area contributed by atoms with Crippen molar-refractivity contribution < 1.29 is 0 Å². The fourth-order valence-electron chi connectivity index (χ4n) is 3.83. The van der Waals surface area contributed by atoms with Crippen molar-refractivity contribution >= 4 is 0 Å². The molecule has 0 N–H and O–H groups in total. The van der Waals surface area contributed by atoms with Gasteiger partial charge in [0.15, 0.2) is 0 Å². The van der Waals surface area contributed by atoms with E-state index >= 15 is 0 Å². The van der Waals surface area contributed by atoms with E-state index < -0.39 is 0 Å². The average Bonchev–Trinajstić information content (AvgIpc) is 2.48. The van der Waals surface area contributed by atoms with Crippen LogP contribution in [0.1, 0.15) is 46.0 Å². The monoisotopic (exact) mass is 281 g/mol. The lowest BCUT2D eigenvalue weighted by molar-refractivity contribution is 0.0899. The van der Waals surface area contributed by atoms with E-state index in [1.54, 1.807) is 0 Å². The molecule has 2 aliphatic heterocycles. The molecule has 0 aliphatic carbocycles. The Bertz CT molecular complexity index is 265. The van der Waals surface area contributed by atoms with Crippen molar-refractivity contribution in [2.75, 3.05) is 46.8 Å². The minimum Gasteiger partial charge on any atom is -0.306 e. The summed E-state index contributed by atoms with van der Waals surface area (Å²) in [6.45, 7) is 11.2. The van der Waals surface area contributed by atoms with Gasteiger partial charge in [-0.3, -0.25) is 0 Å². The molecule has 2 aliphatic rings. The Morgan fingerprint density at radius 3 is 2.20 bits per heavy atom. The van der Waals surface area contributed by atoms with Gasteiger partial charge in [-0.1, -0.05) is 6.92 Å². The fraction of sp³-hybridized carbons (Fsp3) is 1.00. The molecule has 0 bridgehead atoms. The zero-order chi connectivity index (χ0) is 14.5. The van der Waals surface area contributed by atoms with Crippen molar-refractivity contribution in [1.29, 1.82) is 0 Å². The van der Waals surface area contributed by atoms with Crippen LogP contribution in [0.5, 0.6) is 0 Å². The van der Waals surface area contributed by atoms with Gasteiger partial charge in [-0.2, -0.15) is 0 Å². The molecule has 118 valence electrons. The molecule has 1 unspecified atom stereocenters. The van der Waals surface area contributed by atoms with Crippen molar-refractivity contribution in [2.45, 2.75) is 58.0 Å². The molecule has 2 saturated heterocycles. The van der Waals surface area contributed by atoms with Crippen molar-refractivity contribution in [3.8, 4) is 0 Å². The zero-order valence-corrected chi connectivity index (χ0v) is 14.1. The van der Waals surface area contributed by atoms with Crippen LogP contribution < -0.4 is 0 Å². The fourth-order valence-corrected chi connectivity index (χ4v) is 3.83. The molecule has 0 amide bonds. The molecule has 0 aromatic rings. The number of hydrogen-bond donors (Lipinski definition) is 0. The van der Waals surface area contributed by atoms with Crippen LogP contribution in [-0.2, 0) is 0 Å². The normalized spacial score (nSPS) is 26.2. The van der Waals surface area contributed by atoms with Crippen molar-refractivity contribution in [1.82, 2.24) is 14.7 Å². The van der Waals surface area contributed by atoms with E-state index in [4.69, 9.17) is 0 Å². The summed E-state index contributed by atoms with van der Waals surface area (Å²) < 4.78 is 0. The highest BCUT2D eigenvalue weighted by Crippen LogP contribution is 2.23. The first-order valence-corrected chi connectivity index (χ1v) is 8.73. The Balaban J connectivity index is 1.69. The molecule has 0 radical (unpaired) electrons. The Hall–Kier alpha value is -0.120. The van der Waals surface area contributed by atoms with Gasteiger partial charge in [-0.15, -0.1) is 0 Å². The van der Waals surface area contributed by atoms with Crippen LogP contribution in [0.2, 0.25) is 0 Å². The van der Waals surface area contributed by atoms with Gasteiger partial charge in [-0.25, -0.2) is 0 Å². The molecule has 3 nitrogen and oxygen atoms in total. The predicted molar refractivity (Wildman–Crippen MR) is 87.2 cm³/mol. The summed E-state index contributed by atoms with van der Waals surface area (Å²) in [4.78, 5) is 7.82. The Morgan fingerprint density at radius 2 is 1.65 bits per heavy atom. The number of piperidine rings is 2. The molecule has 1 atom stereocenters. The summed E-state index contributed by atoms with van der Waals surface area (Å²) in [5, 5.41) is 0. The van der Waals surface area contributed by atoms with Crippen LogP contribution in [0.15, 0.2) is 0 Å². The van der Waals surface area contributed by atoms with Crippen LogP contribution in [0.3, 0.4) is 0 Å². The second-order valence-electron chi connectivity index (χ2n) is 7.21. The highest BCUT2D eigenvalue weighted by atomic mass is 15.2. The largest absolute Gasteiger partial charge is 0.306 e. The topological polar surface area (TPSA) is 9.72 Å². The van der Waals surface area contributed by atoms with Gasteiger partial charge in [0.05, 0.1) is 0 Å². The first-order valence-electron chi connectivity index (χ1n) is 8.73. The third-order valence-corrected chi connectivity index (χ3v) is 5.72. The van der Waals surface area contributed by atoms with E-state index in [2.05, 4.69) is 42.6 Å². The van der Waals surface area contributed by atoms with Crippen LogP contribution in [0.4, 0.5) is 0 Å². The minimum atomic E-state index is 0.780. The second-order valence-corrected chi connectivity index (χ2v) is 7.21. The number of nitrogens with zero attached hydrogens (tertiary/aromatic N) is 3. The van der Waals surface area contributed by atoms with Gasteiger partial charge >= 0.3 is 0 Å². The van der Waals surface area contributed by atoms with Crippen molar-refractivity contribution in [3.63, 3.8) is 0 Å². The lowest BCUT2D eigenvalue weighted by Gasteiger charge is -2.40. The third kappa shape index (κ3) is 4.44. The Morgan fingerprint density at radius 1 is 1.05 bits per heavy atom. The molecule has 3 heteroatoms. The Kier molecular flexibility index (Phi) is 6.31. The summed E-state index contributed by atoms with van der Waals surface area (Å²) in [5.74, 6) is 0.931. The van der Waals surface area contributed by atoms with E-state index in [9.17, 15) is 0 Å². The van der Waals surface area contributed by atoms with E-state index in [1.165, 1.54) is 64.8 Å². The molecule has 0 saturated carbocycles.